The van der Waals surface area contributed by atoms with E-state index in [1.54, 1.807) is 0 Å². The Balaban J connectivity index is 2.07. The fraction of sp³-hybridized carbons (Fsp3) is 0.500. The van der Waals surface area contributed by atoms with Crippen LogP contribution in [0.25, 0.3) is 0 Å². The average Bonchev–Trinajstić information content (AvgIpc) is 2.60. The molecule has 0 aliphatic carbocycles. The van der Waals surface area contributed by atoms with E-state index in [9.17, 15) is 13.2 Å². The molecule has 1 aliphatic heterocycles. The van der Waals surface area contributed by atoms with E-state index in [4.69, 9.17) is 5.11 Å². The Morgan fingerprint density at radius 2 is 1.95 bits per heavy atom. The second-order valence-corrected chi connectivity index (χ2v) is 7.11. The van der Waals surface area contributed by atoms with Gasteiger partial charge in [0.25, 0.3) is 0 Å². The lowest BCUT2D eigenvalue weighted by Gasteiger charge is -2.20. The van der Waals surface area contributed by atoms with Crippen molar-refractivity contribution >= 4 is 16.0 Å². The summed E-state index contributed by atoms with van der Waals surface area (Å²) in [7, 11) is -3.38. The largest absolute Gasteiger partial charge is 0.481 e. The highest BCUT2D eigenvalue weighted by atomic mass is 32.2. The zero-order chi connectivity index (χ0) is 14.6. The molecule has 0 unspecified atom stereocenters. The standard InChI is InChI=1S/C14H19NO4S/c16-14(17)8-4-10-20(18,19)15-9-3-7-12-5-1-2-6-13(12)11-15/h1-2,5-6H,3-4,7-11H2,(H,16,17). The summed E-state index contributed by atoms with van der Waals surface area (Å²) in [5.74, 6) is -1.05. The maximum Gasteiger partial charge on any atom is 0.303 e. The molecule has 1 N–H and O–H groups in total. The van der Waals surface area contributed by atoms with E-state index < -0.39 is 16.0 Å². The molecule has 20 heavy (non-hydrogen) atoms. The highest BCUT2D eigenvalue weighted by Gasteiger charge is 2.24. The number of hydrogen-bond donors (Lipinski definition) is 1. The molecule has 1 aromatic carbocycles. The Bertz CT molecular complexity index is 583. The van der Waals surface area contributed by atoms with Gasteiger partial charge in [-0.25, -0.2) is 8.42 Å². The fourth-order valence-electron chi connectivity index (χ4n) is 2.44. The third-order valence-electron chi connectivity index (χ3n) is 3.51. The molecule has 0 atom stereocenters. The average molecular weight is 297 g/mol. The molecule has 6 heteroatoms. The Kier molecular flexibility index (Phi) is 4.77. The quantitative estimate of drug-likeness (QED) is 0.896. The molecule has 0 bridgehead atoms. The van der Waals surface area contributed by atoms with Crippen molar-refractivity contribution in [1.82, 2.24) is 4.31 Å². The van der Waals surface area contributed by atoms with Gasteiger partial charge in [0, 0.05) is 19.5 Å². The van der Waals surface area contributed by atoms with Crippen molar-refractivity contribution in [2.75, 3.05) is 12.3 Å². The Labute approximate surface area is 119 Å². The molecule has 0 spiro atoms. The summed E-state index contributed by atoms with van der Waals surface area (Å²) in [5, 5.41) is 8.59. The van der Waals surface area contributed by atoms with Crippen molar-refractivity contribution in [3.05, 3.63) is 35.4 Å². The summed E-state index contributed by atoms with van der Waals surface area (Å²) < 4.78 is 26.0. The van der Waals surface area contributed by atoms with Gasteiger partial charge in [-0.2, -0.15) is 4.31 Å². The zero-order valence-electron chi connectivity index (χ0n) is 11.3. The van der Waals surface area contributed by atoms with Crippen LogP contribution in [-0.4, -0.2) is 36.1 Å². The minimum Gasteiger partial charge on any atom is -0.481 e. The second-order valence-electron chi connectivity index (χ2n) is 5.02. The third kappa shape index (κ3) is 3.80. The van der Waals surface area contributed by atoms with Crippen LogP contribution in [0.3, 0.4) is 0 Å². The normalized spacial score (nSPS) is 16.4. The number of benzene rings is 1. The van der Waals surface area contributed by atoms with Gasteiger partial charge >= 0.3 is 5.97 Å². The lowest BCUT2D eigenvalue weighted by molar-refractivity contribution is -0.137. The highest BCUT2D eigenvalue weighted by molar-refractivity contribution is 7.89. The maximum absolute atomic E-state index is 12.3. The summed E-state index contributed by atoms with van der Waals surface area (Å²) in [6.07, 6.45) is 1.74. The number of rotatable bonds is 5. The second kappa shape index (κ2) is 6.37. The van der Waals surface area contributed by atoms with Gasteiger partial charge in [-0.05, 0) is 30.4 Å². The van der Waals surface area contributed by atoms with Crippen LogP contribution in [0, 0.1) is 0 Å². The minimum absolute atomic E-state index is 0.0958. The van der Waals surface area contributed by atoms with E-state index in [-0.39, 0.29) is 18.6 Å². The first kappa shape index (κ1) is 15.0. The fourth-order valence-corrected chi connectivity index (χ4v) is 3.95. The van der Waals surface area contributed by atoms with Crippen molar-refractivity contribution in [1.29, 1.82) is 0 Å². The molecule has 0 radical (unpaired) electrons. The van der Waals surface area contributed by atoms with Crippen LogP contribution in [0.2, 0.25) is 0 Å². The summed E-state index contributed by atoms with van der Waals surface area (Å²) in [6, 6.07) is 7.88. The molecule has 2 rings (SSSR count). The summed E-state index contributed by atoms with van der Waals surface area (Å²) in [5.41, 5.74) is 2.25. The van der Waals surface area contributed by atoms with Crippen LogP contribution in [0.1, 0.15) is 30.4 Å². The van der Waals surface area contributed by atoms with E-state index in [1.807, 2.05) is 24.3 Å². The van der Waals surface area contributed by atoms with Crippen LogP contribution in [0.4, 0.5) is 0 Å². The van der Waals surface area contributed by atoms with Crippen LogP contribution in [0.5, 0.6) is 0 Å². The number of fused-ring (bicyclic) bond motifs is 1. The number of aliphatic carboxylic acids is 1. The molecule has 1 aliphatic rings. The van der Waals surface area contributed by atoms with Gasteiger partial charge in [-0.3, -0.25) is 4.79 Å². The minimum atomic E-state index is -3.38. The maximum atomic E-state index is 12.3. The number of hydrogen-bond acceptors (Lipinski definition) is 3. The molecule has 0 aromatic heterocycles. The van der Waals surface area contributed by atoms with E-state index in [0.29, 0.717) is 13.1 Å². The smallest absolute Gasteiger partial charge is 0.303 e. The summed E-state index contributed by atoms with van der Waals surface area (Å²) in [4.78, 5) is 10.5. The van der Waals surface area contributed by atoms with E-state index in [0.717, 1.165) is 18.4 Å². The third-order valence-corrected chi connectivity index (χ3v) is 5.41. The number of carboxylic acids is 1. The van der Waals surface area contributed by atoms with Gasteiger partial charge in [0.05, 0.1) is 5.75 Å². The number of aryl methyl sites for hydroxylation is 1. The number of sulfonamides is 1. The van der Waals surface area contributed by atoms with E-state index in [1.165, 1.54) is 9.87 Å². The molecular formula is C14H19NO4S. The van der Waals surface area contributed by atoms with Gasteiger partial charge < -0.3 is 5.11 Å². The van der Waals surface area contributed by atoms with Gasteiger partial charge in [0.2, 0.25) is 10.0 Å². The van der Waals surface area contributed by atoms with Crippen LogP contribution in [-0.2, 0) is 27.8 Å². The molecule has 0 fully saturated rings. The van der Waals surface area contributed by atoms with Crippen molar-refractivity contribution in [2.24, 2.45) is 0 Å². The van der Waals surface area contributed by atoms with Crippen LogP contribution in [0.15, 0.2) is 24.3 Å². The Morgan fingerprint density at radius 1 is 1.25 bits per heavy atom. The van der Waals surface area contributed by atoms with Gasteiger partial charge in [-0.15, -0.1) is 0 Å². The van der Waals surface area contributed by atoms with Crippen LogP contribution >= 0.6 is 0 Å². The SMILES string of the molecule is O=C(O)CCCS(=O)(=O)N1CCCc2ccccc2C1. The lowest BCUT2D eigenvalue weighted by atomic mass is 10.0. The monoisotopic (exact) mass is 297 g/mol. The Hall–Kier alpha value is -1.40. The predicted octanol–water partition coefficient (Wildman–Crippen LogP) is 1.63. The first-order valence-corrected chi connectivity index (χ1v) is 8.36. The number of carboxylic acid groups (broad SMARTS) is 1. The van der Waals surface area contributed by atoms with Gasteiger partial charge in [0.15, 0.2) is 0 Å². The highest BCUT2D eigenvalue weighted by Crippen LogP contribution is 2.21. The Morgan fingerprint density at radius 3 is 2.65 bits per heavy atom. The molecule has 0 amide bonds. The lowest BCUT2D eigenvalue weighted by Crippen LogP contribution is -2.33. The number of carbonyl (C=O) groups is 1. The predicted molar refractivity (Wildman–Crippen MR) is 75.8 cm³/mol. The zero-order valence-corrected chi connectivity index (χ0v) is 12.1. The molecule has 5 nitrogen and oxygen atoms in total. The van der Waals surface area contributed by atoms with Crippen LogP contribution < -0.4 is 0 Å². The molecule has 0 saturated heterocycles. The first-order valence-electron chi connectivity index (χ1n) is 6.75. The van der Waals surface area contributed by atoms with E-state index in [2.05, 4.69) is 0 Å². The summed E-state index contributed by atoms with van der Waals surface area (Å²) in [6.45, 7) is 0.898. The molecular weight excluding hydrogens is 278 g/mol. The van der Waals surface area contributed by atoms with Crippen molar-refractivity contribution in [3.63, 3.8) is 0 Å². The van der Waals surface area contributed by atoms with Gasteiger partial charge in [0.1, 0.15) is 0 Å². The van der Waals surface area contributed by atoms with Crippen molar-refractivity contribution < 1.29 is 18.3 Å². The molecule has 1 heterocycles. The topological polar surface area (TPSA) is 74.7 Å². The molecule has 0 saturated carbocycles. The van der Waals surface area contributed by atoms with Crippen molar-refractivity contribution in [2.45, 2.75) is 32.2 Å². The number of nitrogens with zero attached hydrogens (tertiary/aromatic N) is 1. The molecule has 1 aromatic rings. The molecule has 110 valence electrons. The summed E-state index contributed by atoms with van der Waals surface area (Å²) >= 11 is 0. The van der Waals surface area contributed by atoms with Crippen molar-refractivity contribution in [3.8, 4) is 0 Å². The van der Waals surface area contributed by atoms with Gasteiger partial charge in [-0.1, -0.05) is 24.3 Å². The van der Waals surface area contributed by atoms with E-state index >= 15 is 0 Å². The first-order chi connectivity index (χ1) is 9.49.